The molecule has 0 spiro atoms. The first-order valence-corrected chi connectivity index (χ1v) is 6.81. The predicted octanol–water partition coefficient (Wildman–Crippen LogP) is 3.18. The molecule has 1 aromatic carbocycles. The van der Waals surface area contributed by atoms with E-state index in [0.717, 1.165) is 11.1 Å². The molecular formula is C17H16N2O2. The first kappa shape index (κ1) is 13.5. The molecule has 1 unspecified atom stereocenters. The van der Waals surface area contributed by atoms with Gasteiger partial charge in [-0.3, -0.25) is 9.78 Å². The summed E-state index contributed by atoms with van der Waals surface area (Å²) in [5.41, 5.74) is 8.93. The minimum Gasteiger partial charge on any atom is -0.454 e. The SMILES string of the molecule is Cc1cc(C(C)N)c2oc(-c3ccccn3)cc(=O)c2c1. The Labute approximate surface area is 122 Å². The molecule has 2 heterocycles. The van der Waals surface area contributed by atoms with Gasteiger partial charge in [0.1, 0.15) is 11.3 Å². The number of fused-ring (bicyclic) bond motifs is 1. The van der Waals surface area contributed by atoms with E-state index in [1.54, 1.807) is 6.20 Å². The number of rotatable bonds is 2. The van der Waals surface area contributed by atoms with E-state index in [9.17, 15) is 4.79 Å². The molecular weight excluding hydrogens is 264 g/mol. The molecule has 3 rings (SSSR count). The smallest absolute Gasteiger partial charge is 0.193 e. The molecule has 0 radical (unpaired) electrons. The molecule has 4 heteroatoms. The minimum atomic E-state index is -0.213. The fourth-order valence-electron chi connectivity index (χ4n) is 2.41. The Kier molecular flexibility index (Phi) is 3.31. The molecule has 0 saturated heterocycles. The summed E-state index contributed by atoms with van der Waals surface area (Å²) < 4.78 is 5.93. The standard InChI is InChI=1S/C17H16N2O2/c1-10-7-12(11(2)18)17-13(8-10)15(20)9-16(21-17)14-5-3-4-6-19-14/h3-9,11H,18H2,1-2H3. The van der Waals surface area contributed by atoms with Gasteiger partial charge in [-0.05, 0) is 37.6 Å². The van der Waals surface area contributed by atoms with Crippen LogP contribution in [0.2, 0.25) is 0 Å². The molecule has 0 fully saturated rings. The van der Waals surface area contributed by atoms with Gasteiger partial charge < -0.3 is 10.2 Å². The van der Waals surface area contributed by atoms with E-state index >= 15 is 0 Å². The van der Waals surface area contributed by atoms with Gasteiger partial charge in [0.05, 0.1) is 5.39 Å². The van der Waals surface area contributed by atoms with Gasteiger partial charge in [-0.25, -0.2) is 0 Å². The summed E-state index contributed by atoms with van der Waals surface area (Å²) in [6.45, 7) is 3.82. The van der Waals surface area contributed by atoms with Gasteiger partial charge in [0.15, 0.2) is 11.2 Å². The molecule has 0 aliphatic heterocycles. The van der Waals surface area contributed by atoms with E-state index in [-0.39, 0.29) is 11.5 Å². The van der Waals surface area contributed by atoms with Crippen molar-refractivity contribution in [3.05, 3.63) is 63.9 Å². The van der Waals surface area contributed by atoms with Gasteiger partial charge >= 0.3 is 0 Å². The van der Waals surface area contributed by atoms with E-state index in [1.807, 2.05) is 44.2 Å². The molecule has 0 aliphatic rings. The molecule has 4 nitrogen and oxygen atoms in total. The highest BCUT2D eigenvalue weighted by Crippen LogP contribution is 2.27. The zero-order chi connectivity index (χ0) is 15.0. The quantitative estimate of drug-likeness (QED) is 0.782. The van der Waals surface area contributed by atoms with E-state index in [0.29, 0.717) is 22.4 Å². The highest BCUT2D eigenvalue weighted by atomic mass is 16.3. The number of hydrogen-bond donors (Lipinski definition) is 1. The Hall–Kier alpha value is -2.46. The Morgan fingerprint density at radius 1 is 1.24 bits per heavy atom. The van der Waals surface area contributed by atoms with Gasteiger partial charge in [-0.2, -0.15) is 0 Å². The van der Waals surface area contributed by atoms with Crippen LogP contribution >= 0.6 is 0 Å². The minimum absolute atomic E-state index is 0.0810. The van der Waals surface area contributed by atoms with Gasteiger partial charge in [0.25, 0.3) is 0 Å². The number of aryl methyl sites for hydroxylation is 1. The zero-order valence-electron chi connectivity index (χ0n) is 12.0. The van der Waals surface area contributed by atoms with Crippen molar-refractivity contribution in [1.29, 1.82) is 0 Å². The van der Waals surface area contributed by atoms with Crippen molar-refractivity contribution < 1.29 is 4.42 Å². The third-order valence-electron chi connectivity index (χ3n) is 3.41. The molecule has 2 aromatic heterocycles. The van der Waals surface area contributed by atoms with Crippen molar-refractivity contribution in [3.8, 4) is 11.5 Å². The molecule has 3 aromatic rings. The Morgan fingerprint density at radius 3 is 2.71 bits per heavy atom. The van der Waals surface area contributed by atoms with Crippen molar-refractivity contribution in [2.75, 3.05) is 0 Å². The summed E-state index contributed by atoms with van der Waals surface area (Å²) in [7, 11) is 0. The van der Waals surface area contributed by atoms with E-state index in [4.69, 9.17) is 10.2 Å². The van der Waals surface area contributed by atoms with Gasteiger partial charge in [-0.15, -0.1) is 0 Å². The van der Waals surface area contributed by atoms with Crippen LogP contribution in [-0.4, -0.2) is 4.98 Å². The van der Waals surface area contributed by atoms with Crippen LogP contribution in [0.1, 0.15) is 24.1 Å². The maximum absolute atomic E-state index is 12.4. The topological polar surface area (TPSA) is 69.1 Å². The van der Waals surface area contributed by atoms with Gasteiger partial charge in [0, 0.05) is 23.9 Å². The lowest BCUT2D eigenvalue weighted by Crippen LogP contribution is -2.09. The number of nitrogens with zero attached hydrogens (tertiary/aromatic N) is 1. The van der Waals surface area contributed by atoms with Crippen LogP contribution in [-0.2, 0) is 0 Å². The van der Waals surface area contributed by atoms with Crippen molar-refractivity contribution in [3.63, 3.8) is 0 Å². The summed E-state index contributed by atoms with van der Waals surface area (Å²) in [5, 5.41) is 0.557. The lowest BCUT2D eigenvalue weighted by molar-refractivity contribution is 0.605. The van der Waals surface area contributed by atoms with Crippen LogP contribution in [0.4, 0.5) is 0 Å². The van der Waals surface area contributed by atoms with Crippen molar-refractivity contribution >= 4 is 11.0 Å². The first-order chi connectivity index (χ1) is 10.1. The van der Waals surface area contributed by atoms with Crippen LogP contribution in [0.5, 0.6) is 0 Å². The van der Waals surface area contributed by atoms with Crippen LogP contribution in [0.3, 0.4) is 0 Å². The van der Waals surface area contributed by atoms with Crippen molar-refractivity contribution in [1.82, 2.24) is 4.98 Å². The summed E-state index contributed by atoms with van der Waals surface area (Å²) >= 11 is 0. The lowest BCUT2D eigenvalue weighted by Gasteiger charge is -2.11. The van der Waals surface area contributed by atoms with Crippen LogP contribution < -0.4 is 11.2 Å². The molecule has 106 valence electrons. The monoisotopic (exact) mass is 280 g/mol. The maximum atomic E-state index is 12.4. The Balaban J connectivity index is 2.35. The molecule has 0 amide bonds. The second-order valence-corrected chi connectivity index (χ2v) is 5.21. The van der Waals surface area contributed by atoms with E-state index in [2.05, 4.69) is 4.98 Å². The fourth-order valence-corrected chi connectivity index (χ4v) is 2.41. The van der Waals surface area contributed by atoms with Crippen molar-refractivity contribution in [2.45, 2.75) is 19.9 Å². The number of benzene rings is 1. The second-order valence-electron chi connectivity index (χ2n) is 5.21. The predicted molar refractivity (Wildman–Crippen MR) is 83.1 cm³/mol. The third kappa shape index (κ3) is 2.45. The summed E-state index contributed by atoms with van der Waals surface area (Å²) in [5.74, 6) is 0.457. The number of pyridine rings is 1. The Bertz CT molecular complexity index is 852. The highest BCUT2D eigenvalue weighted by molar-refractivity contribution is 5.82. The van der Waals surface area contributed by atoms with Gasteiger partial charge in [-0.1, -0.05) is 12.1 Å². The first-order valence-electron chi connectivity index (χ1n) is 6.81. The molecule has 0 bridgehead atoms. The van der Waals surface area contributed by atoms with Crippen molar-refractivity contribution in [2.24, 2.45) is 5.73 Å². The second kappa shape index (κ2) is 5.14. The van der Waals surface area contributed by atoms with Crippen LogP contribution in [0.25, 0.3) is 22.4 Å². The average Bonchev–Trinajstić information content (AvgIpc) is 2.48. The zero-order valence-corrected chi connectivity index (χ0v) is 12.0. The number of hydrogen-bond acceptors (Lipinski definition) is 4. The molecule has 21 heavy (non-hydrogen) atoms. The molecule has 0 saturated carbocycles. The summed E-state index contributed by atoms with van der Waals surface area (Å²) in [6, 6.07) is 10.5. The fraction of sp³-hybridized carbons (Fsp3) is 0.176. The maximum Gasteiger partial charge on any atom is 0.193 e. The molecule has 0 aliphatic carbocycles. The van der Waals surface area contributed by atoms with Crippen LogP contribution in [0, 0.1) is 6.92 Å². The lowest BCUT2D eigenvalue weighted by atomic mass is 10.0. The van der Waals surface area contributed by atoms with E-state index < -0.39 is 0 Å². The molecule has 1 atom stereocenters. The molecule has 2 N–H and O–H groups in total. The largest absolute Gasteiger partial charge is 0.454 e. The Morgan fingerprint density at radius 2 is 2.05 bits per heavy atom. The van der Waals surface area contributed by atoms with E-state index in [1.165, 1.54) is 6.07 Å². The highest BCUT2D eigenvalue weighted by Gasteiger charge is 2.14. The average molecular weight is 280 g/mol. The normalized spacial score (nSPS) is 12.5. The van der Waals surface area contributed by atoms with Crippen LogP contribution in [0.15, 0.2) is 51.8 Å². The van der Waals surface area contributed by atoms with Gasteiger partial charge in [0.2, 0.25) is 0 Å². The summed E-state index contributed by atoms with van der Waals surface area (Å²) in [4.78, 5) is 16.6. The number of aromatic nitrogens is 1. The third-order valence-corrected chi connectivity index (χ3v) is 3.41. The summed E-state index contributed by atoms with van der Waals surface area (Å²) in [6.07, 6.45) is 1.67. The number of nitrogens with two attached hydrogens (primary N) is 1.